The minimum atomic E-state index is 0.265. The molecule has 3 nitrogen and oxygen atoms in total. The molecular weight excluding hydrogens is 248 g/mol. The number of amides is 1. The fourth-order valence-corrected chi connectivity index (χ4v) is 2.24. The molecule has 0 atom stereocenters. The van der Waals surface area contributed by atoms with Gasteiger partial charge in [-0.05, 0) is 44.2 Å². The number of rotatable bonds is 10. The van der Waals surface area contributed by atoms with E-state index in [9.17, 15) is 4.79 Å². The number of carbonyl (C=O) groups is 1. The number of carbonyl (C=O) groups excluding carboxylic acids is 1. The van der Waals surface area contributed by atoms with Crippen LogP contribution in [0.4, 0.5) is 0 Å². The Balaban J connectivity index is 2.07. The van der Waals surface area contributed by atoms with E-state index in [1.54, 1.807) is 0 Å². The van der Waals surface area contributed by atoms with Crippen LogP contribution < -0.4 is 5.73 Å². The zero-order valence-corrected chi connectivity index (χ0v) is 12.7. The second-order valence-electron chi connectivity index (χ2n) is 5.36. The molecule has 0 radical (unpaired) electrons. The molecule has 0 aromatic heterocycles. The Hall–Kier alpha value is -1.35. The highest BCUT2D eigenvalue weighted by Gasteiger charge is 2.07. The zero-order valence-electron chi connectivity index (χ0n) is 12.7. The molecule has 0 aliphatic rings. The van der Waals surface area contributed by atoms with Crippen molar-refractivity contribution < 1.29 is 4.79 Å². The van der Waals surface area contributed by atoms with Crippen molar-refractivity contribution in [3.05, 3.63) is 35.9 Å². The lowest BCUT2D eigenvalue weighted by Crippen LogP contribution is -2.27. The third-order valence-electron chi connectivity index (χ3n) is 3.57. The Morgan fingerprint density at radius 3 is 2.50 bits per heavy atom. The number of unbranched alkanes of at least 4 members (excludes halogenated alkanes) is 3. The van der Waals surface area contributed by atoms with Crippen LogP contribution in [0.2, 0.25) is 0 Å². The molecule has 0 heterocycles. The average molecular weight is 276 g/mol. The maximum Gasteiger partial charge on any atom is 0.222 e. The van der Waals surface area contributed by atoms with Gasteiger partial charge in [-0.3, -0.25) is 4.79 Å². The zero-order chi connectivity index (χ0) is 14.6. The molecule has 3 heteroatoms. The summed E-state index contributed by atoms with van der Waals surface area (Å²) in [6, 6.07) is 10.5. The van der Waals surface area contributed by atoms with Gasteiger partial charge in [-0.1, -0.05) is 36.8 Å². The first-order chi connectivity index (χ1) is 9.74. The van der Waals surface area contributed by atoms with E-state index in [0.717, 1.165) is 51.6 Å². The van der Waals surface area contributed by atoms with Gasteiger partial charge in [0.2, 0.25) is 5.91 Å². The van der Waals surface area contributed by atoms with Gasteiger partial charge in [0, 0.05) is 20.0 Å². The van der Waals surface area contributed by atoms with Gasteiger partial charge < -0.3 is 10.6 Å². The molecular formula is C17H28N2O. The lowest BCUT2D eigenvalue weighted by Gasteiger charge is -2.17. The molecule has 1 rings (SSSR count). The van der Waals surface area contributed by atoms with E-state index in [1.807, 2.05) is 18.0 Å². The van der Waals surface area contributed by atoms with Gasteiger partial charge in [-0.2, -0.15) is 0 Å². The van der Waals surface area contributed by atoms with E-state index in [0.29, 0.717) is 6.42 Å². The minimum Gasteiger partial charge on any atom is -0.346 e. The highest BCUT2D eigenvalue weighted by atomic mass is 16.2. The standard InChI is InChI=1S/C17H28N2O/c1-19(17(20)13-6-3-8-14-18)15-9-7-12-16-10-4-2-5-11-16/h2,4-5,10-11H,3,6-9,12-15,18H2,1H3. The molecule has 0 saturated heterocycles. The van der Waals surface area contributed by atoms with E-state index >= 15 is 0 Å². The van der Waals surface area contributed by atoms with E-state index in [4.69, 9.17) is 5.73 Å². The normalized spacial score (nSPS) is 10.5. The smallest absolute Gasteiger partial charge is 0.222 e. The first-order valence-electron chi connectivity index (χ1n) is 7.72. The third-order valence-corrected chi connectivity index (χ3v) is 3.57. The lowest BCUT2D eigenvalue weighted by atomic mass is 10.1. The summed E-state index contributed by atoms with van der Waals surface area (Å²) in [7, 11) is 1.91. The Kier molecular flexibility index (Phi) is 8.72. The number of nitrogens with zero attached hydrogens (tertiary/aromatic N) is 1. The predicted octanol–water partition coefficient (Wildman–Crippen LogP) is 2.99. The summed E-state index contributed by atoms with van der Waals surface area (Å²) < 4.78 is 0. The van der Waals surface area contributed by atoms with Crippen molar-refractivity contribution in [3.63, 3.8) is 0 Å². The highest BCUT2D eigenvalue weighted by Crippen LogP contribution is 2.06. The van der Waals surface area contributed by atoms with Crippen molar-refractivity contribution in [1.29, 1.82) is 0 Å². The monoisotopic (exact) mass is 276 g/mol. The molecule has 0 saturated carbocycles. The maximum atomic E-state index is 11.9. The Bertz CT molecular complexity index is 365. The van der Waals surface area contributed by atoms with E-state index < -0.39 is 0 Å². The van der Waals surface area contributed by atoms with Gasteiger partial charge >= 0.3 is 0 Å². The van der Waals surface area contributed by atoms with Crippen LogP contribution in [0.25, 0.3) is 0 Å². The summed E-state index contributed by atoms with van der Waals surface area (Å²) in [5, 5.41) is 0. The van der Waals surface area contributed by atoms with Gasteiger partial charge in [-0.25, -0.2) is 0 Å². The highest BCUT2D eigenvalue weighted by molar-refractivity contribution is 5.75. The summed E-state index contributed by atoms with van der Waals surface area (Å²) >= 11 is 0. The Labute approximate surface area is 123 Å². The number of benzene rings is 1. The van der Waals surface area contributed by atoms with E-state index in [-0.39, 0.29) is 5.91 Å². The molecule has 2 N–H and O–H groups in total. The van der Waals surface area contributed by atoms with Crippen LogP contribution in [0, 0.1) is 0 Å². The number of hydrogen-bond acceptors (Lipinski definition) is 2. The van der Waals surface area contributed by atoms with E-state index in [1.165, 1.54) is 5.56 Å². The van der Waals surface area contributed by atoms with Crippen molar-refractivity contribution in [2.24, 2.45) is 5.73 Å². The van der Waals surface area contributed by atoms with Gasteiger partial charge in [0.15, 0.2) is 0 Å². The van der Waals surface area contributed by atoms with Crippen molar-refractivity contribution in [2.45, 2.75) is 44.9 Å². The van der Waals surface area contributed by atoms with Crippen LogP contribution in [0.1, 0.15) is 44.1 Å². The molecule has 0 spiro atoms. The molecule has 1 aromatic rings. The minimum absolute atomic E-state index is 0.265. The molecule has 0 aliphatic heterocycles. The van der Waals surface area contributed by atoms with E-state index in [2.05, 4.69) is 24.3 Å². The van der Waals surface area contributed by atoms with Crippen LogP contribution in [0.5, 0.6) is 0 Å². The van der Waals surface area contributed by atoms with Crippen molar-refractivity contribution >= 4 is 5.91 Å². The number of aryl methyl sites for hydroxylation is 1. The number of hydrogen-bond donors (Lipinski definition) is 1. The lowest BCUT2D eigenvalue weighted by molar-refractivity contribution is -0.130. The summed E-state index contributed by atoms with van der Waals surface area (Å²) in [6.07, 6.45) is 7.01. The van der Waals surface area contributed by atoms with Crippen LogP contribution in [0.3, 0.4) is 0 Å². The first-order valence-corrected chi connectivity index (χ1v) is 7.72. The topological polar surface area (TPSA) is 46.3 Å². The van der Waals surface area contributed by atoms with Gasteiger partial charge in [0.05, 0.1) is 0 Å². The molecule has 0 aliphatic carbocycles. The van der Waals surface area contributed by atoms with Crippen molar-refractivity contribution in [3.8, 4) is 0 Å². The molecule has 1 aromatic carbocycles. The molecule has 0 bridgehead atoms. The SMILES string of the molecule is CN(CCCCc1ccccc1)C(=O)CCCCCN. The van der Waals surface area contributed by atoms with Gasteiger partial charge in [-0.15, -0.1) is 0 Å². The Morgan fingerprint density at radius 2 is 1.80 bits per heavy atom. The quantitative estimate of drug-likeness (QED) is 0.668. The largest absolute Gasteiger partial charge is 0.346 e. The van der Waals surface area contributed by atoms with Crippen LogP contribution in [-0.2, 0) is 11.2 Å². The van der Waals surface area contributed by atoms with Gasteiger partial charge in [0.25, 0.3) is 0 Å². The Morgan fingerprint density at radius 1 is 1.05 bits per heavy atom. The fourth-order valence-electron chi connectivity index (χ4n) is 2.24. The van der Waals surface area contributed by atoms with Crippen LogP contribution >= 0.6 is 0 Å². The summed E-state index contributed by atoms with van der Waals surface area (Å²) in [4.78, 5) is 13.7. The first kappa shape index (κ1) is 16.7. The molecule has 0 fully saturated rings. The fraction of sp³-hybridized carbons (Fsp3) is 0.588. The molecule has 0 unspecified atom stereocenters. The third kappa shape index (κ3) is 7.29. The average Bonchev–Trinajstić information content (AvgIpc) is 2.48. The predicted molar refractivity (Wildman–Crippen MR) is 84.5 cm³/mol. The number of nitrogens with two attached hydrogens (primary N) is 1. The second kappa shape index (κ2) is 10.4. The van der Waals surface area contributed by atoms with Crippen molar-refractivity contribution in [2.75, 3.05) is 20.1 Å². The molecule has 112 valence electrons. The summed E-state index contributed by atoms with van der Waals surface area (Å²) in [6.45, 7) is 1.59. The van der Waals surface area contributed by atoms with Crippen LogP contribution in [0.15, 0.2) is 30.3 Å². The van der Waals surface area contributed by atoms with Gasteiger partial charge in [0.1, 0.15) is 0 Å². The summed E-state index contributed by atoms with van der Waals surface area (Å²) in [5.41, 5.74) is 6.82. The molecule has 1 amide bonds. The molecule has 20 heavy (non-hydrogen) atoms. The summed E-state index contributed by atoms with van der Waals surface area (Å²) in [5.74, 6) is 0.265. The van der Waals surface area contributed by atoms with Crippen molar-refractivity contribution in [1.82, 2.24) is 4.90 Å². The van der Waals surface area contributed by atoms with Crippen LogP contribution in [-0.4, -0.2) is 30.9 Å². The maximum absolute atomic E-state index is 11.9. The second-order valence-corrected chi connectivity index (χ2v) is 5.36.